The number of rotatable bonds is 8. The lowest BCUT2D eigenvalue weighted by atomic mass is 10.0. The number of ether oxygens (including phenoxy) is 2. The van der Waals surface area contributed by atoms with Crippen molar-refractivity contribution in [3.63, 3.8) is 0 Å². The van der Waals surface area contributed by atoms with Crippen LogP contribution < -0.4 is 16.0 Å². The maximum atomic E-state index is 5.61. The van der Waals surface area contributed by atoms with Crippen LogP contribution in [0.4, 0.5) is 0 Å². The highest BCUT2D eigenvalue weighted by atomic mass is 16.5. The quantitative estimate of drug-likeness (QED) is 0.551. The highest BCUT2D eigenvalue weighted by Crippen LogP contribution is 2.22. The van der Waals surface area contributed by atoms with Crippen LogP contribution in [-0.4, -0.2) is 19.8 Å². The summed E-state index contributed by atoms with van der Waals surface area (Å²) in [4.78, 5) is 0. The number of nitrogens with one attached hydrogen (secondary N) is 1. The maximum Gasteiger partial charge on any atom is 0.119 e. The Labute approximate surface area is 109 Å². The van der Waals surface area contributed by atoms with Crippen molar-refractivity contribution in [2.45, 2.75) is 38.8 Å². The van der Waals surface area contributed by atoms with Crippen LogP contribution in [0, 0.1) is 0 Å². The Bertz CT molecular complexity index is 327. The summed E-state index contributed by atoms with van der Waals surface area (Å²) >= 11 is 0. The topological polar surface area (TPSA) is 56.5 Å². The predicted octanol–water partition coefficient (Wildman–Crippen LogP) is 2.40. The molecule has 0 aromatic heterocycles. The Morgan fingerprint density at radius 2 is 1.89 bits per heavy atom. The number of methoxy groups -OCH3 is 1. The van der Waals surface area contributed by atoms with Crippen molar-refractivity contribution in [1.82, 2.24) is 5.43 Å². The van der Waals surface area contributed by atoms with Gasteiger partial charge in [0.15, 0.2) is 0 Å². The van der Waals surface area contributed by atoms with Crippen LogP contribution in [0.2, 0.25) is 0 Å². The monoisotopic (exact) mass is 252 g/mol. The largest absolute Gasteiger partial charge is 0.494 e. The van der Waals surface area contributed by atoms with E-state index in [9.17, 15) is 0 Å². The maximum absolute atomic E-state index is 5.61. The number of hydrogen-bond donors (Lipinski definition) is 2. The van der Waals surface area contributed by atoms with E-state index < -0.39 is 0 Å². The van der Waals surface area contributed by atoms with E-state index in [0.717, 1.165) is 18.6 Å². The minimum absolute atomic E-state index is 0.151. The van der Waals surface area contributed by atoms with Gasteiger partial charge in [0.05, 0.1) is 12.7 Å². The zero-order chi connectivity index (χ0) is 13.4. The van der Waals surface area contributed by atoms with Gasteiger partial charge in [0.25, 0.3) is 0 Å². The first kappa shape index (κ1) is 15.0. The van der Waals surface area contributed by atoms with Gasteiger partial charge in [0, 0.05) is 13.2 Å². The summed E-state index contributed by atoms with van der Waals surface area (Å²) in [6.07, 6.45) is 2.17. The zero-order valence-corrected chi connectivity index (χ0v) is 11.5. The first-order valence-electron chi connectivity index (χ1n) is 6.43. The third kappa shape index (κ3) is 4.64. The molecule has 1 aromatic rings. The van der Waals surface area contributed by atoms with Crippen molar-refractivity contribution in [3.8, 4) is 5.75 Å². The molecule has 2 atom stereocenters. The van der Waals surface area contributed by atoms with Gasteiger partial charge < -0.3 is 9.47 Å². The average molecular weight is 252 g/mol. The van der Waals surface area contributed by atoms with Gasteiger partial charge in [-0.25, -0.2) is 0 Å². The van der Waals surface area contributed by atoms with Gasteiger partial charge in [-0.3, -0.25) is 11.3 Å². The van der Waals surface area contributed by atoms with Gasteiger partial charge in [-0.15, -0.1) is 0 Å². The fraction of sp³-hybridized carbons (Fsp3) is 0.571. The standard InChI is InChI=1S/C14H24N2O2/c1-4-18-13-8-6-12(7-9-13)14(16-15)10-5-11(2)17-3/h6-9,11,14,16H,4-5,10,15H2,1-3H3. The molecule has 0 radical (unpaired) electrons. The van der Waals surface area contributed by atoms with Crippen LogP contribution in [0.15, 0.2) is 24.3 Å². The second-order valence-electron chi connectivity index (χ2n) is 4.34. The van der Waals surface area contributed by atoms with Crippen molar-refractivity contribution in [2.24, 2.45) is 5.84 Å². The lowest BCUT2D eigenvalue weighted by Gasteiger charge is -2.18. The van der Waals surface area contributed by atoms with Crippen LogP contribution in [0.3, 0.4) is 0 Å². The molecule has 4 nitrogen and oxygen atoms in total. The number of benzene rings is 1. The molecule has 0 saturated carbocycles. The van der Waals surface area contributed by atoms with Gasteiger partial charge >= 0.3 is 0 Å². The van der Waals surface area contributed by atoms with Crippen LogP contribution in [0.1, 0.15) is 38.3 Å². The summed E-state index contributed by atoms with van der Waals surface area (Å²) in [6, 6.07) is 8.20. The minimum Gasteiger partial charge on any atom is -0.494 e. The molecule has 1 aromatic carbocycles. The van der Waals surface area contributed by atoms with Gasteiger partial charge in [-0.2, -0.15) is 0 Å². The summed E-state index contributed by atoms with van der Waals surface area (Å²) in [7, 11) is 1.73. The van der Waals surface area contributed by atoms with Crippen LogP contribution in [0.5, 0.6) is 5.75 Å². The molecular weight excluding hydrogens is 228 g/mol. The Morgan fingerprint density at radius 3 is 2.39 bits per heavy atom. The van der Waals surface area contributed by atoms with E-state index in [1.54, 1.807) is 7.11 Å². The van der Waals surface area contributed by atoms with E-state index in [1.807, 2.05) is 31.2 Å². The molecule has 1 rings (SSSR count). The van der Waals surface area contributed by atoms with Crippen molar-refractivity contribution < 1.29 is 9.47 Å². The van der Waals surface area contributed by atoms with Crippen LogP contribution in [0.25, 0.3) is 0 Å². The average Bonchev–Trinajstić information content (AvgIpc) is 2.41. The lowest BCUT2D eigenvalue weighted by Crippen LogP contribution is -2.28. The summed E-state index contributed by atoms with van der Waals surface area (Å²) in [5.41, 5.74) is 4.02. The van der Waals surface area contributed by atoms with E-state index >= 15 is 0 Å². The van der Waals surface area contributed by atoms with E-state index in [4.69, 9.17) is 15.3 Å². The molecule has 0 amide bonds. The predicted molar refractivity (Wildman–Crippen MR) is 73.4 cm³/mol. The Kier molecular flexibility index (Phi) is 6.72. The summed E-state index contributed by atoms with van der Waals surface area (Å²) in [6.45, 7) is 4.72. The third-order valence-electron chi connectivity index (χ3n) is 3.06. The third-order valence-corrected chi connectivity index (χ3v) is 3.06. The first-order chi connectivity index (χ1) is 8.71. The highest BCUT2D eigenvalue weighted by Gasteiger charge is 2.11. The molecule has 102 valence electrons. The lowest BCUT2D eigenvalue weighted by molar-refractivity contribution is 0.106. The van der Waals surface area contributed by atoms with E-state index in [0.29, 0.717) is 6.61 Å². The number of hydrazine groups is 1. The second kappa shape index (κ2) is 8.08. The normalized spacial score (nSPS) is 14.2. The molecule has 3 N–H and O–H groups in total. The van der Waals surface area contributed by atoms with E-state index in [1.165, 1.54) is 5.56 Å². The molecule has 0 aliphatic carbocycles. The van der Waals surface area contributed by atoms with Gasteiger partial charge in [0.2, 0.25) is 0 Å². The Hall–Kier alpha value is -1.10. The van der Waals surface area contributed by atoms with Crippen molar-refractivity contribution in [1.29, 1.82) is 0 Å². The zero-order valence-electron chi connectivity index (χ0n) is 11.5. The first-order valence-corrected chi connectivity index (χ1v) is 6.43. The van der Waals surface area contributed by atoms with E-state index in [-0.39, 0.29) is 12.1 Å². The Morgan fingerprint density at radius 1 is 1.22 bits per heavy atom. The molecule has 0 heterocycles. The molecule has 0 aliphatic heterocycles. The SMILES string of the molecule is CCOc1ccc(C(CCC(C)OC)NN)cc1. The summed E-state index contributed by atoms with van der Waals surface area (Å²) < 4.78 is 10.7. The van der Waals surface area contributed by atoms with Gasteiger partial charge in [-0.05, 0) is 44.4 Å². The highest BCUT2D eigenvalue weighted by molar-refractivity contribution is 5.29. The molecule has 0 spiro atoms. The fourth-order valence-corrected chi connectivity index (χ4v) is 1.83. The molecule has 0 fully saturated rings. The number of hydrogen-bond acceptors (Lipinski definition) is 4. The fourth-order valence-electron chi connectivity index (χ4n) is 1.83. The molecule has 4 heteroatoms. The molecule has 18 heavy (non-hydrogen) atoms. The minimum atomic E-state index is 0.151. The molecule has 0 saturated heterocycles. The molecular formula is C14H24N2O2. The van der Waals surface area contributed by atoms with Crippen molar-refractivity contribution >= 4 is 0 Å². The molecule has 2 unspecified atom stereocenters. The summed E-state index contributed by atoms with van der Waals surface area (Å²) in [5, 5.41) is 0. The van der Waals surface area contributed by atoms with E-state index in [2.05, 4.69) is 12.3 Å². The van der Waals surface area contributed by atoms with Gasteiger partial charge in [0.1, 0.15) is 5.75 Å². The summed E-state index contributed by atoms with van der Waals surface area (Å²) in [5.74, 6) is 6.50. The van der Waals surface area contributed by atoms with Crippen molar-refractivity contribution in [3.05, 3.63) is 29.8 Å². The van der Waals surface area contributed by atoms with Crippen LogP contribution >= 0.6 is 0 Å². The smallest absolute Gasteiger partial charge is 0.119 e. The second-order valence-corrected chi connectivity index (χ2v) is 4.34. The Balaban J connectivity index is 2.58. The number of nitrogens with two attached hydrogens (primary N) is 1. The van der Waals surface area contributed by atoms with Crippen LogP contribution in [-0.2, 0) is 4.74 Å². The van der Waals surface area contributed by atoms with Crippen molar-refractivity contribution in [2.75, 3.05) is 13.7 Å². The molecule has 0 bridgehead atoms. The van der Waals surface area contributed by atoms with Gasteiger partial charge in [-0.1, -0.05) is 12.1 Å². The molecule has 0 aliphatic rings.